The third kappa shape index (κ3) is 6.58. The lowest BCUT2D eigenvalue weighted by Crippen LogP contribution is -2.47. The van der Waals surface area contributed by atoms with E-state index in [9.17, 15) is 18.0 Å². The summed E-state index contributed by atoms with van der Waals surface area (Å²) >= 11 is 0. The van der Waals surface area contributed by atoms with Gasteiger partial charge < -0.3 is 15.0 Å². The van der Waals surface area contributed by atoms with E-state index in [1.807, 2.05) is 33.0 Å². The van der Waals surface area contributed by atoms with Crippen LogP contribution < -0.4 is 5.32 Å². The summed E-state index contributed by atoms with van der Waals surface area (Å²) in [5.74, 6) is -0.0544. The second-order valence-corrected chi connectivity index (χ2v) is 8.32. The summed E-state index contributed by atoms with van der Waals surface area (Å²) in [5, 5.41) is 3.18. The number of carbonyl (C=O) groups excluding carboxylic acids is 1. The number of nitrogens with zero attached hydrogens (tertiary/aromatic N) is 2. The highest BCUT2D eigenvalue weighted by Gasteiger charge is 2.30. The summed E-state index contributed by atoms with van der Waals surface area (Å²) in [6, 6.07) is 5.47. The molecule has 1 amide bonds. The van der Waals surface area contributed by atoms with Crippen molar-refractivity contribution in [2.45, 2.75) is 51.7 Å². The number of nitrogens with one attached hydrogen (secondary N) is 1. The number of dihydropyridines is 1. The number of likely N-dealkylation sites (N-methyl/N-ethyl adjacent to an activating group) is 1. The fourth-order valence-corrected chi connectivity index (χ4v) is 4.01. The predicted molar refractivity (Wildman–Crippen MR) is 113 cm³/mol. The van der Waals surface area contributed by atoms with Crippen molar-refractivity contribution in [1.82, 2.24) is 15.1 Å². The molecule has 1 aromatic rings. The van der Waals surface area contributed by atoms with Crippen LogP contribution >= 0.6 is 0 Å². The monoisotopic (exact) mass is 437 g/mol. The molecule has 0 spiro atoms. The highest BCUT2D eigenvalue weighted by molar-refractivity contribution is 5.77. The van der Waals surface area contributed by atoms with Gasteiger partial charge in [-0.25, -0.2) is 0 Å². The molecule has 0 saturated carbocycles. The zero-order chi connectivity index (χ0) is 22.6. The fourth-order valence-electron chi connectivity index (χ4n) is 4.01. The van der Waals surface area contributed by atoms with Crippen molar-refractivity contribution in [3.8, 4) is 0 Å². The van der Waals surface area contributed by atoms with Gasteiger partial charge in [-0.1, -0.05) is 12.1 Å². The number of ether oxygens (including phenoxy) is 1. The molecule has 2 aliphatic heterocycles. The van der Waals surface area contributed by atoms with E-state index in [1.165, 1.54) is 12.1 Å². The maximum absolute atomic E-state index is 12.7. The van der Waals surface area contributed by atoms with E-state index in [4.69, 9.17) is 4.74 Å². The van der Waals surface area contributed by atoms with Crippen LogP contribution in [0, 0.1) is 0 Å². The van der Waals surface area contributed by atoms with Gasteiger partial charge in [-0.3, -0.25) is 9.69 Å². The van der Waals surface area contributed by atoms with Crippen LogP contribution in [0.4, 0.5) is 13.2 Å². The van der Waals surface area contributed by atoms with E-state index in [0.717, 1.165) is 54.9 Å². The van der Waals surface area contributed by atoms with Gasteiger partial charge in [-0.05, 0) is 62.1 Å². The average Bonchev–Trinajstić information content (AvgIpc) is 2.71. The number of rotatable bonds is 6. The molecule has 170 valence electrons. The Balaban J connectivity index is 1.42. The minimum absolute atomic E-state index is 0.0109. The first-order valence-electron chi connectivity index (χ1n) is 10.5. The first kappa shape index (κ1) is 23.3. The van der Waals surface area contributed by atoms with Crippen LogP contribution in [0.3, 0.4) is 0 Å². The summed E-state index contributed by atoms with van der Waals surface area (Å²) in [6.45, 7) is 6.15. The maximum Gasteiger partial charge on any atom is 0.416 e. The Morgan fingerprint density at radius 1 is 1.19 bits per heavy atom. The topological polar surface area (TPSA) is 44.8 Å². The molecule has 2 aliphatic rings. The molecule has 31 heavy (non-hydrogen) atoms. The second kappa shape index (κ2) is 9.87. The molecule has 0 aliphatic carbocycles. The third-order valence-electron chi connectivity index (χ3n) is 5.80. The Labute approximate surface area is 181 Å². The minimum atomic E-state index is -4.31. The number of piperidine rings is 1. The van der Waals surface area contributed by atoms with E-state index >= 15 is 0 Å². The van der Waals surface area contributed by atoms with Crippen molar-refractivity contribution in [2.75, 3.05) is 26.7 Å². The van der Waals surface area contributed by atoms with E-state index in [1.54, 1.807) is 4.90 Å². The number of carbonyl (C=O) groups is 1. The number of amides is 1. The molecule has 1 fully saturated rings. The normalized spacial score (nSPS) is 20.6. The number of hydrogen-bond acceptors (Lipinski definition) is 4. The SMILES string of the molecule is CC1=CC(OCC(=O)N(C)C2CCN(Cc3ccc(C(F)(F)F)cc3)CC2)NC(C)=C1. The molecule has 1 N–H and O–H groups in total. The highest BCUT2D eigenvalue weighted by Crippen LogP contribution is 2.29. The lowest BCUT2D eigenvalue weighted by Gasteiger charge is -2.37. The average molecular weight is 438 g/mol. The standard InChI is InChI=1S/C23H30F3N3O2/c1-16-12-17(2)27-21(13-16)31-15-22(30)28(3)20-8-10-29(11-9-20)14-18-4-6-19(7-5-18)23(24,25)26/h4-7,12-13,20-21,27H,8-11,14-15H2,1-3H3. The Morgan fingerprint density at radius 3 is 2.42 bits per heavy atom. The van der Waals surface area contributed by atoms with Gasteiger partial charge in [0, 0.05) is 38.4 Å². The highest BCUT2D eigenvalue weighted by atomic mass is 19.4. The van der Waals surface area contributed by atoms with Crippen LogP contribution in [-0.4, -0.2) is 54.7 Å². The molecule has 8 heteroatoms. The zero-order valence-corrected chi connectivity index (χ0v) is 18.2. The molecule has 0 radical (unpaired) electrons. The van der Waals surface area contributed by atoms with Crippen LogP contribution in [-0.2, 0) is 22.3 Å². The van der Waals surface area contributed by atoms with Crippen LogP contribution in [0.15, 0.2) is 47.7 Å². The van der Waals surface area contributed by atoms with Gasteiger partial charge >= 0.3 is 6.18 Å². The lowest BCUT2D eigenvalue weighted by molar-refractivity contribution is -0.139. The van der Waals surface area contributed by atoms with Crippen molar-refractivity contribution >= 4 is 5.91 Å². The summed E-state index contributed by atoms with van der Waals surface area (Å²) in [5.41, 5.74) is 2.34. The van der Waals surface area contributed by atoms with Crippen LogP contribution in [0.5, 0.6) is 0 Å². The van der Waals surface area contributed by atoms with E-state index in [2.05, 4.69) is 10.2 Å². The molecular formula is C23H30F3N3O2. The molecule has 1 unspecified atom stereocenters. The quantitative estimate of drug-likeness (QED) is 0.733. The lowest BCUT2D eigenvalue weighted by atomic mass is 10.0. The number of benzene rings is 1. The smallest absolute Gasteiger partial charge is 0.360 e. The van der Waals surface area contributed by atoms with Gasteiger partial charge in [-0.2, -0.15) is 13.2 Å². The van der Waals surface area contributed by atoms with Crippen molar-refractivity contribution in [2.24, 2.45) is 0 Å². The van der Waals surface area contributed by atoms with E-state index in [-0.39, 0.29) is 24.8 Å². The second-order valence-electron chi connectivity index (χ2n) is 8.32. The Kier molecular flexibility index (Phi) is 7.43. The van der Waals surface area contributed by atoms with Gasteiger partial charge in [0.2, 0.25) is 5.91 Å². The third-order valence-corrected chi connectivity index (χ3v) is 5.80. The number of alkyl halides is 3. The fraction of sp³-hybridized carbons (Fsp3) is 0.522. The zero-order valence-electron chi connectivity index (χ0n) is 18.2. The summed E-state index contributed by atoms with van der Waals surface area (Å²) < 4.78 is 43.8. The van der Waals surface area contributed by atoms with Gasteiger partial charge in [0.15, 0.2) is 0 Å². The molecule has 2 heterocycles. The molecule has 1 atom stereocenters. The van der Waals surface area contributed by atoms with Crippen molar-refractivity contribution in [1.29, 1.82) is 0 Å². The minimum Gasteiger partial charge on any atom is -0.360 e. The first-order valence-corrected chi connectivity index (χ1v) is 10.5. The Morgan fingerprint density at radius 2 is 1.84 bits per heavy atom. The molecular weight excluding hydrogens is 407 g/mol. The Hall–Kier alpha value is -2.32. The van der Waals surface area contributed by atoms with Crippen LogP contribution in [0.25, 0.3) is 0 Å². The first-order chi connectivity index (χ1) is 14.6. The summed E-state index contributed by atoms with van der Waals surface area (Å²) in [6.07, 6.45) is 1.01. The summed E-state index contributed by atoms with van der Waals surface area (Å²) in [7, 11) is 1.81. The number of allylic oxidation sites excluding steroid dienone is 3. The number of hydrogen-bond donors (Lipinski definition) is 1. The van der Waals surface area contributed by atoms with Gasteiger partial charge in [0.25, 0.3) is 0 Å². The predicted octanol–water partition coefficient (Wildman–Crippen LogP) is 3.92. The van der Waals surface area contributed by atoms with E-state index in [0.29, 0.717) is 6.54 Å². The van der Waals surface area contributed by atoms with Crippen molar-refractivity contribution < 1.29 is 22.7 Å². The van der Waals surface area contributed by atoms with Gasteiger partial charge in [-0.15, -0.1) is 0 Å². The maximum atomic E-state index is 12.7. The molecule has 5 nitrogen and oxygen atoms in total. The van der Waals surface area contributed by atoms with Crippen LogP contribution in [0.2, 0.25) is 0 Å². The van der Waals surface area contributed by atoms with Crippen LogP contribution in [0.1, 0.15) is 37.8 Å². The van der Waals surface area contributed by atoms with Crippen molar-refractivity contribution in [3.05, 3.63) is 58.8 Å². The largest absolute Gasteiger partial charge is 0.416 e. The molecule has 1 saturated heterocycles. The van der Waals surface area contributed by atoms with Gasteiger partial charge in [0.05, 0.1) is 5.56 Å². The van der Waals surface area contributed by atoms with Crippen molar-refractivity contribution in [3.63, 3.8) is 0 Å². The number of halogens is 3. The Bertz CT molecular complexity index is 825. The van der Waals surface area contributed by atoms with E-state index < -0.39 is 11.7 Å². The summed E-state index contributed by atoms with van der Waals surface area (Å²) in [4.78, 5) is 16.5. The molecule has 1 aromatic carbocycles. The van der Waals surface area contributed by atoms with Gasteiger partial charge in [0.1, 0.15) is 12.8 Å². The molecule has 0 aromatic heterocycles. The molecule has 3 rings (SSSR count). The number of likely N-dealkylation sites (tertiary alicyclic amines) is 1. The molecule has 0 bridgehead atoms.